The molecule has 0 radical (unpaired) electrons. The lowest BCUT2D eigenvalue weighted by molar-refractivity contribution is 0.523. The second kappa shape index (κ2) is 16.4. The Morgan fingerprint density at radius 2 is 1.75 bits per heavy atom. The highest BCUT2D eigenvalue weighted by molar-refractivity contribution is 6.31. The quantitative estimate of drug-likeness (QED) is 0.0702. The topological polar surface area (TPSA) is 153 Å². The van der Waals surface area contributed by atoms with E-state index in [-0.39, 0.29) is 45.4 Å². The first-order valence-corrected chi connectivity index (χ1v) is 16.7. The van der Waals surface area contributed by atoms with Crippen molar-refractivity contribution in [2.45, 2.75) is 91.1 Å². The summed E-state index contributed by atoms with van der Waals surface area (Å²) in [6.45, 7) is 17.7. The van der Waals surface area contributed by atoms with Crippen LogP contribution in [-0.4, -0.2) is 39.6 Å². The minimum atomic E-state index is -0.325. The molecule has 11 heteroatoms. The number of nitrogens with zero attached hydrogens (tertiary/aromatic N) is 3. The summed E-state index contributed by atoms with van der Waals surface area (Å²) in [6, 6.07) is 13.8. The van der Waals surface area contributed by atoms with Gasteiger partial charge in [0.1, 0.15) is 11.5 Å². The molecule has 4 aromatic rings. The first-order valence-electron chi connectivity index (χ1n) is 16.3. The monoisotopic (exact) mass is 678 g/mol. The van der Waals surface area contributed by atoms with Gasteiger partial charge in [0.15, 0.2) is 5.96 Å². The second-order valence-corrected chi connectivity index (χ2v) is 14.7. The number of aliphatic imine (C=N–C) groups is 1. The van der Waals surface area contributed by atoms with Gasteiger partial charge in [-0.15, -0.1) is 0 Å². The van der Waals surface area contributed by atoms with Crippen molar-refractivity contribution in [2.75, 3.05) is 13.1 Å². The van der Waals surface area contributed by atoms with Crippen molar-refractivity contribution in [1.82, 2.24) is 19.9 Å². The van der Waals surface area contributed by atoms with Crippen molar-refractivity contribution < 1.29 is 4.39 Å². The average molecular weight is 679 g/mol. The van der Waals surface area contributed by atoms with E-state index in [1.54, 1.807) is 10.6 Å². The van der Waals surface area contributed by atoms with Crippen molar-refractivity contribution in [3.05, 3.63) is 98.4 Å². The summed E-state index contributed by atoms with van der Waals surface area (Å²) in [5.41, 5.74) is 20.9. The fraction of sp³-hybridized carbons (Fsp3) is 0.432. The Hall–Kier alpha value is -3.99. The van der Waals surface area contributed by atoms with Crippen LogP contribution in [0.1, 0.15) is 96.7 Å². The Labute approximate surface area is 288 Å². The predicted octanol–water partition coefficient (Wildman–Crippen LogP) is 6.85. The van der Waals surface area contributed by atoms with Crippen LogP contribution < -0.4 is 28.2 Å². The number of fused-ring (bicyclic) bond motifs is 1. The molecule has 0 spiro atoms. The van der Waals surface area contributed by atoms with Gasteiger partial charge in [-0.25, -0.2) is 9.18 Å². The third-order valence-corrected chi connectivity index (χ3v) is 8.02. The van der Waals surface area contributed by atoms with E-state index < -0.39 is 0 Å². The number of nitrogens with two attached hydrogens (primary N) is 3. The van der Waals surface area contributed by atoms with Gasteiger partial charge in [-0.3, -0.25) is 9.56 Å². The fourth-order valence-corrected chi connectivity index (χ4v) is 5.13. The van der Waals surface area contributed by atoms with Gasteiger partial charge in [-0.05, 0) is 85.7 Å². The maximum absolute atomic E-state index is 14.0. The SMILES string of the molecule is C[C@H](N)C/C=C/c1cc(Cl)c(F)c(C(C)(C)C)c1.C[C@H](NCCCN=C(N)N)c1ccc(-n2cc3cc(C(C)(C)C)[nH]c3nc2=O)cc1. The number of hydrogen-bond donors (Lipinski definition) is 5. The van der Waals surface area contributed by atoms with Crippen LogP contribution >= 0.6 is 11.6 Å². The van der Waals surface area contributed by atoms with Crippen LogP contribution in [0.15, 0.2) is 64.5 Å². The number of H-pyrrole nitrogens is 1. The van der Waals surface area contributed by atoms with E-state index in [4.69, 9.17) is 28.8 Å². The molecule has 9 nitrogen and oxygen atoms in total. The molecule has 0 aliphatic carbocycles. The zero-order valence-electron chi connectivity index (χ0n) is 29.5. The lowest BCUT2D eigenvalue weighted by Gasteiger charge is -2.21. The summed E-state index contributed by atoms with van der Waals surface area (Å²) < 4.78 is 15.5. The highest BCUT2D eigenvalue weighted by Gasteiger charge is 2.21. The van der Waals surface area contributed by atoms with Gasteiger partial charge < -0.3 is 27.5 Å². The number of guanidine groups is 1. The number of benzene rings is 2. The molecule has 48 heavy (non-hydrogen) atoms. The second-order valence-electron chi connectivity index (χ2n) is 14.3. The highest BCUT2D eigenvalue weighted by Crippen LogP contribution is 2.31. The van der Waals surface area contributed by atoms with Gasteiger partial charge in [0.25, 0.3) is 0 Å². The number of aromatic amines is 1. The van der Waals surface area contributed by atoms with Crippen LogP contribution in [0.3, 0.4) is 0 Å². The van der Waals surface area contributed by atoms with Crippen molar-refractivity contribution in [3.8, 4) is 5.69 Å². The maximum Gasteiger partial charge on any atom is 0.354 e. The molecule has 8 N–H and O–H groups in total. The third-order valence-electron chi connectivity index (χ3n) is 7.74. The molecule has 2 aromatic carbocycles. The third kappa shape index (κ3) is 11.0. The van der Waals surface area contributed by atoms with E-state index in [0.29, 0.717) is 17.8 Å². The smallest absolute Gasteiger partial charge is 0.354 e. The Kier molecular flexibility index (Phi) is 13.1. The molecular weight excluding hydrogens is 627 g/mol. The minimum absolute atomic E-state index is 0.0390. The average Bonchev–Trinajstić information content (AvgIpc) is 3.41. The molecule has 0 aliphatic rings. The molecule has 2 aromatic heterocycles. The van der Waals surface area contributed by atoms with E-state index in [1.807, 2.05) is 76.4 Å². The molecule has 0 unspecified atom stereocenters. The van der Waals surface area contributed by atoms with Crippen LogP contribution in [0.5, 0.6) is 0 Å². The molecule has 0 amide bonds. The van der Waals surface area contributed by atoms with Crippen molar-refractivity contribution in [3.63, 3.8) is 0 Å². The Morgan fingerprint density at radius 1 is 1.08 bits per heavy atom. The standard InChI is InChI=1S/C22H31N7O.C15H21ClFN/c1-14(25-10-5-11-26-20(23)24)15-6-8-17(9-7-15)29-13-16-12-18(22(2,3)4)27-19(16)28-21(29)30;1-10(18)6-5-7-11-8-12(15(2,3)4)14(17)13(16)9-11/h6-9,12-14,25H,5,10-11H2,1-4H3,(H4,23,24,26)(H,27,28,30);5,7-10H,6,18H2,1-4H3/b;7-5+/t14-;10-/m00/s1. The molecule has 4 rings (SSSR count). The van der Waals surface area contributed by atoms with Crippen LogP contribution in [-0.2, 0) is 10.8 Å². The maximum atomic E-state index is 14.0. The molecule has 0 saturated heterocycles. The fourth-order valence-electron chi connectivity index (χ4n) is 4.90. The molecule has 2 heterocycles. The summed E-state index contributed by atoms with van der Waals surface area (Å²) in [5, 5.41) is 4.53. The van der Waals surface area contributed by atoms with Crippen molar-refractivity contribution in [1.29, 1.82) is 0 Å². The van der Waals surface area contributed by atoms with E-state index in [9.17, 15) is 9.18 Å². The first kappa shape index (κ1) is 38.5. The predicted molar refractivity (Wildman–Crippen MR) is 200 cm³/mol. The number of halogens is 2. The first-order chi connectivity index (χ1) is 22.4. The number of nitrogens with one attached hydrogen (secondary N) is 2. The lowest BCUT2D eigenvalue weighted by Crippen LogP contribution is -2.24. The molecule has 2 atom stereocenters. The molecule has 0 saturated carbocycles. The van der Waals surface area contributed by atoms with Crippen molar-refractivity contribution in [2.24, 2.45) is 22.2 Å². The Bertz CT molecular complexity index is 1770. The van der Waals surface area contributed by atoms with Gasteiger partial charge >= 0.3 is 5.69 Å². The summed E-state index contributed by atoms with van der Waals surface area (Å²) in [4.78, 5) is 24.0. The van der Waals surface area contributed by atoms with Crippen LogP contribution in [0.4, 0.5) is 4.39 Å². The normalized spacial score (nSPS) is 13.3. The summed E-state index contributed by atoms with van der Waals surface area (Å²) in [7, 11) is 0. The van der Waals surface area contributed by atoms with Gasteiger partial charge in [-0.1, -0.05) is 77.4 Å². The molecular formula is C37H52ClFN8O. The number of aromatic nitrogens is 3. The van der Waals surface area contributed by atoms with Gasteiger partial charge in [0, 0.05) is 41.3 Å². The molecule has 0 fully saturated rings. The minimum Gasteiger partial charge on any atom is -0.370 e. The zero-order valence-corrected chi connectivity index (χ0v) is 30.3. The Balaban J connectivity index is 0.000000297. The lowest BCUT2D eigenvalue weighted by atomic mass is 9.85. The largest absolute Gasteiger partial charge is 0.370 e. The zero-order chi connectivity index (χ0) is 35.8. The summed E-state index contributed by atoms with van der Waals surface area (Å²) in [5.74, 6) is -0.204. The van der Waals surface area contributed by atoms with Gasteiger partial charge in [-0.2, -0.15) is 4.98 Å². The van der Waals surface area contributed by atoms with Gasteiger partial charge in [0.05, 0.1) is 10.7 Å². The van der Waals surface area contributed by atoms with Crippen LogP contribution in [0.2, 0.25) is 5.02 Å². The molecule has 0 aliphatic heterocycles. The number of rotatable bonds is 10. The van der Waals surface area contributed by atoms with Gasteiger partial charge in [0.2, 0.25) is 0 Å². The van der Waals surface area contributed by atoms with Crippen molar-refractivity contribution >= 4 is 34.7 Å². The van der Waals surface area contributed by atoms with Crippen LogP contribution in [0.25, 0.3) is 22.8 Å². The van der Waals surface area contributed by atoms with E-state index in [2.05, 4.69) is 54.0 Å². The highest BCUT2D eigenvalue weighted by atomic mass is 35.5. The summed E-state index contributed by atoms with van der Waals surface area (Å²) in [6.07, 6.45) is 7.41. The molecule has 260 valence electrons. The number of hydrogen-bond acceptors (Lipinski definition) is 5. The van der Waals surface area contributed by atoms with E-state index >= 15 is 0 Å². The summed E-state index contributed by atoms with van der Waals surface area (Å²) >= 11 is 5.93. The Morgan fingerprint density at radius 3 is 2.33 bits per heavy atom. The van der Waals surface area contributed by atoms with E-state index in [0.717, 1.165) is 47.3 Å². The molecule has 0 bridgehead atoms. The van der Waals surface area contributed by atoms with Crippen LogP contribution in [0, 0.1) is 5.82 Å². The van der Waals surface area contributed by atoms with E-state index in [1.165, 1.54) is 0 Å².